The van der Waals surface area contributed by atoms with Gasteiger partial charge in [-0.05, 0) is 43.9 Å². The minimum absolute atomic E-state index is 0. The molecule has 146 valence electrons. The van der Waals surface area contributed by atoms with Gasteiger partial charge in [0.05, 0.1) is 13.2 Å². The Balaban J connectivity index is 0.00000576. The number of alkyl halides is 5. The molecule has 0 aromatic heterocycles. The van der Waals surface area contributed by atoms with Gasteiger partial charge >= 0.3 is 12.1 Å². The highest BCUT2D eigenvalue weighted by molar-refractivity contribution is 5.85. The van der Waals surface area contributed by atoms with Gasteiger partial charge in [0.2, 0.25) is 0 Å². The predicted octanol–water partition coefficient (Wildman–Crippen LogP) is 4.11. The molecule has 0 aliphatic rings. The van der Waals surface area contributed by atoms with E-state index in [9.17, 15) is 22.0 Å². The van der Waals surface area contributed by atoms with Crippen LogP contribution in [0.3, 0.4) is 0 Å². The molecule has 0 radical (unpaired) electrons. The number of aryl methyl sites for hydroxylation is 1. The molecule has 0 saturated heterocycles. The van der Waals surface area contributed by atoms with Gasteiger partial charge in [-0.1, -0.05) is 12.1 Å². The van der Waals surface area contributed by atoms with E-state index in [1.54, 1.807) is 31.2 Å². The Hall–Kier alpha value is -1.12. The lowest BCUT2D eigenvalue weighted by Crippen LogP contribution is -2.40. The van der Waals surface area contributed by atoms with Crippen LogP contribution in [0.15, 0.2) is 24.3 Å². The van der Waals surface area contributed by atoms with E-state index in [0.29, 0.717) is 18.6 Å². The number of aliphatic hydroxyl groups is 1. The van der Waals surface area contributed by atoms with E-state index < -0.39 is 30.5 Å². The summed E-state index contributed by atoms with van der Waals surface area (Å²) in [6, 6.07) is 6.74. The number of nitrogens with two attached hydrogens (primary N) is 1. The zero-order valence-electron chi connectivity index (χ0n) is 13.8. The molecule has 0 unspecified atom stereocenters. The monoisotopic (exact) mass is 391 g/mol. The van der Waals surface area contributed by atoms with Crippen LogP contribution in [0.5, 0.6) is 5.75 Å². The average Bonchev–Trinajstić information content (AvgIpc) is 2.50. The maximum atomic E-state index is 12.7. The van der Waals surface area contributed by atoms with Crippen molar-refractivity contribution in [2.45, 2.75) is 50.2 Å². The second kappa shape index (κ2) is 9.54. The van der Waals surface area contributed by atoms with Crippen LogP contribution in [0.4, 0.5) is 22.0 Å². The SMILES string of the molecule is C[C@](N)(CO)CCc1ccc(OCCCC(F)(F)C(F)(F)F)cc1.Cl. The fourth-order valence-electron chi connectivity index (χ4n) is 1.89. The Bertz CT molecular complexity index is 506. The fraction of sp³-hybridized carbons (Fsp3) is 0.625. The largest absolute Gasteiger partial charge is 0.494 e. The summed E-state index contributed by atoms with van der Waals surface area (Å²) < 4.78 is 66.6. The van der Waals surface area contributed by atoms with Crippen molar-refractivity contribution < 1.29 is 31.8 Å². The first-order valence-corrected chi connectivity index (χ1v) is 7.53. The van der Waals surface area contributed by atoms with Gasteiger partial charge in [0.25, 0.3) is 0 Å². The fourth-order valence-corrected chi connectivity index (χ4v) is 1.89. The van der Waals surface area contributed by atoms with Crippen LogP contribution >= 0.6 is 12.4 Å². The van der Waals surface area contributed by atoms with E-state index in [1.807, 2.05) is 0 Å². The lowest BCUT2D eigenvalue weighted by atomic mass is 9.95. The van der Waals surface area contributed by atoms with Gasteiger partial charge in [-0.15, -0.1) is 12.4 Å². The summed E-state index contributed by atoms with van der Waals surface area (Å²) in [5, 5.41) is 9.08. The molecule has 1 atom stereocenters. The summed E-state index contributed by atoms with van der Waals surface area (Å²) in [5.74, 6) is -4.30. The van der Waals surface area contributed by atoms with E-state index in [-0.39, 0.29) is 25.6 Å². The van der Waals surface area contributed by atoms with Crippen molar-refractivity contribution in [2.24, 2.45) is 5.73 Å². The van der Waals surface area contributed by atoms with Crippen LogP contribution in [-0.2, 0) is 6.42 Å². The number of hydrogen-bond acceptors (Lipinski definition) is 3. The average molecular weight is 392 g/mol. The third-order valence-corrected chi connectivity index (χ3v) is 3.59. The minimum Gasteiger partial charge on any atom is -0.494 e. The molecule has 1 aromatic rings. The molecule has 9 heteroatoms. The zero-order valence-corrected chi connectivity index (χ0v) is 14.6. The molecule has 3 nitrogen and oxygen atoms in total. The Morgan fingerprint density at radius 1 is 1.04 bits per heavy atom. The van der Waals surface area contributed by atoms with Crippen LogP contribution in [-0.4, -0.2) is 36.0 Å². The molecule has 1 aromatic carbocycles. The first-order chi connectivity index (χ1) is 11.0. The summed E-state index contributed by atoms with van der Waals surface area (Å²) >= 11 is 0. The second-order valence-electron chi connectivity index (χ2n) is 6.11. The number of aliphatic hydroxyl groups excluding tert-OH is 1. The molecule has 0 bridgehead atoms. The molecule has 0 spiro atoms. The Kier molecular flexibility index (Phi) is 9.12. The summed E-state index contributed by atoms with van der Waals surface area (Å²) in [6.07, 6.45) is -6.01. The van der Waals surface area contributed by atoms with Crippen LogP contribution in [0.2, 0.25) is 0 Å². The van der Waals surface area contributed by atoms with Gasteiger partial charge in [-0.3, -0.25) is 0 Å². The third-order valence-electron chi connectivity index (χ3n) is 3.59. The van der Waals surface area contributed by atoms with Crippen molar-refractivity contribution in [3.8, 4) is 5.75 Å². The molecule has 3 N–H and O–H groups in total. The van der Waals surface area contributed by atoms with Crippen LogP contribution in [0.25, 0.3) is 0 Å². The number of ether oxygens (including phenoxy) is 1. The Morgan fingerprint density at radius 3 is 2.08 bits per heavy atom. The summed E-state index contributed by atoms with van der Waals surface area (Å²) in [6.45, 7) is 1.38. The summed E-state index contributed by atoms with van der Waals surface area (Å²) in [4.78, 5) is 0. The standard InChI is InChI=1S/C16H22F5NO2.ClH/c1-14(22,11-23)9-7-12-3-5-13(6-4-12)24-10-2-8-15(17,18)16(19,20)21;/h3-6,23H,2,7-11,22H2,1H3;1H/t14-;/m1./s1. The highest BCUT2D eigenvalue weighted by Crippen LogP contribution is 2.38. The molecule has 0 saturated carbocycles. The molecule has 25 heavy (non-hydrogen) atoms. The molecular weight excluding hydrogens is 369 g/mol. The smallest absolute Gasteiger partial charge is 0.453 e. The normalized spacial score (nSPS) is 14.6. The van der Waals surface area contributed by atoms with Gasteiger partial charge < -0.3 is 15.6 Å². The van der Waals surface area contributed by atoms with Crippen molar-refractivity contribution in [1.82, 2.24) is 0 Å². The second-order valence-corrected chi connectivity index (χ2v) is 6.11. The van der Waals surface area contributed by atoms with E-state index in [2.05, 4.69) is 0 Å². The van der Waals surface area contributed by atoms with Gasteiger partial charge in [0.1, 0.15) is 5.75 Å². The number of halogens is 6. The van der Waals surface area contributed by atoms with Crippen LogP contribution in [0.1, 0.15) is 31.7 Å². The van der Waals surface area contributed by atoms with Crippen molar-refractivity contribution in [1.29, 1.82) is 0 Å². The third kappa shape index (κ3) is 8.20. The van der Waals surface area contributed by atoms with Gasteiger partial charge in [0, 0.05) is 12.0 Å². The maximum absolute atomic E-state index is 12.7. The van der Waals surface area contributed by atoms with Crippen LogP contribution in [0, 0.1) is 0 Å². The molecule has 0 aliphatic carbocycles. The maximum Gasteiger partial charge on any atom is 0.453 e. The highest BCUT2D eigenvalue weighted by atomic mass is 35.5. The molecule has 0 aliphatic heterocycles. The number of benzene rings is 1. The molecular formula is C16H23ClF5NO2. The first-order valence-electron chi connectivity index (χ1n) is 7.53. The van der Waals surface area contributed by atoms with Gasteiger partial charge in [-0.25, -0.2) is 0 Å². The topological polar surface area (TPSA) is 55.5 Å². The molecule has 0 heterocycles. The predicted molar refractivity (Wildman–Crippen MR) is 87.4 cm³/mol. The molecule has 0 fully saturated rings. The zero-order chi connectivity index (χ0) is 18.4. The van der Waals surface area contributed by atoms with Gasteiger partial charge in [0.15, 0.2) is 0 Å². The first kappa shape index (κ1) is 23.9. The van der Waals surface area contributed by atoms with E-state index in [1.165, 1.54) is 0 Å². The van der Waals surface area contributed by atoms with E-state index in [0.717, 1.165) is 5.56 Å². The lowest BCUT2D eigenvalue weighted by Gasteiger charge is -2.21. The van der Waals surface area contributed by atoms with Crippen LogP contribution < -0.4 is 10.5 Å². The highest BCUT2D eigenvalue weighted by Gasteiger charge is 2.56. The molecule has 1 rings (SSSR count). The van der Waals surface area contributed by atoms with E-state index >= 15 is 0 Å². The molecule has 0 amide bonds. The number of rotatable bonds is 9. The van der Waals surface area contributed by atoms with Crippen molar-refractivity contribution >= 4 is 12.4 Å². The number of hydrogen-bond donors (Lipinski definition) is 2. The van der Waals surface area contributed by atoms with Crippen molar-refractivity contribution in [3.05, 3.63) is 29.8 Å². The quantitative estimate of drug-likeness (QED) is 0.492. The Morgan fingerprint density at radius 2 is 1.60 bits per heavy atom. The minimum atomic E-state index is -5.53. The van der Waals surface area contributed by atoms with E-state index in [4.69, 9.17) is 15.6 Å². The Labute approximate surface area is 149 Å². The lowest BCUT2D eigenvalue weighted by molar-refractivity contribution is -0.284. The van der Waals surface area contributed by atoms with Crippen molar-refractivity contribution in [3.63, 3.8) is 0 Å². The summed E-state index contributed by atoms with van der Waals surface area (Å²) in [7, 11) is 0. The van der Waals surface area contributed by atoms with Crippen molar-refractivity contribution in [2.75, 3.05) is 13.2 Å². The van der Waals surface area contributed by atoms with Gasteiger partial charge in [-0.2, -0.15) is 22.0 Å². The summed E-state index contributed by atoms with van der Waals surface area (Å²) in [5.41, 5.74) is 6.11.